The van der Waals surface area contributed by atoms with Crippen molar-refractivity contribution in [1.29, 1.82) is 0 Å². The molecule has 1 N–H and O–H groups in total. The maximum Gasteiger partial charge on any atom is 0.310 e. The molecular weight excluding hydrogens is 559 g/mol. The number of nitrogens with zero attached hydrogens (tertiary/aromatic N) is 3. The zero-order chi connectivity index (χ0) is 30.4. The van der Waals surface area contributed by atoms with Crippen molar-refractivity contribution in [2.24, 2.45) is 0 Å². The fourth-order valence-electron chi connectivity index (χ4n) is 5.19. The molecule has 0 aliphatic heterocycles. The van der Waals surface area contributed by atoms with Gasteiger partial charge in [0, 0.05) is 17.7 Å². The third kappa shape index (κ3) is 8.02. The molecule has 0 saturated heterocycles. The predicted octanol–water partition coefficient (Wildman–Crippen LogP) is 9.06. The Bertz CT molecular complexity index is 1590. The van der Waals surface area contributed by atoms with E-state index in [4.69, 9.17) is 14.7 Å². The number of allylic oxidation sites excluding steroid dienone is 1. The zero-order valence-electron chi connectivity index (χ0n) is 24.8. The Labute approximate surface area is 256 Å². The summed E-state index contributed by atoms with van der Waals surface area (Å²) in [4.78, 5) is 27.8. The number of anilines is 1. The minimum Gasteiger partial charge on any atom is -0.460 e. The van der Waals surface area contributed by atoms with Crippen LogP contribution in [0.25, 0.3) is 21.8 Å². The van der Waals surface area contributed by atoms with E-state index < -0.39 is 5.60 Å². The first-order valence-corrected chi connectivity index (χ1v) is 15.4. The van der Waals surface area contributed by atoms with E-state index in [1.807, 2.05) is 63.2 Å². The highest BCUT2D eigenvalue weighted by molar-refractivity contribution is 7.15. The molecule has 1 aliphatic rings. The summed E-state index contributed by atoms with van der Waals surface area (Å²) in [6, 6.07) is 18.2. The van der Waals surface area contributed by atoms with Gasteiger partial charge in [-0.3, -0.25) is 4.79 Å². The monoisotopic (exact) mass is 596 g/mol. The van der Waals surface area contributed by atoms with Crippen molar-refractivity contribution in [3.63, 3.8) is 0 Å². The molecule has 5 rings (SSSR count). The minimum absolute atomic E-state index is 0.154. The van der Waals surface area contributed by atoms with E-state index in [2.05, 4.69) is 23.0 Å². The Hall–Kier alpha value is -4.17. The van der Waals surface area contributed by atoms with E-state index in [-0.39, 0.29) is 23.7 Å². The summed E-state index contributed by atoms with van der Waals surface area (Å²) in [7, 11) is 0. The number of nitrogens with one attached hydrogen (secondary N) is 1. The first-order chi connectivity index (χ1) is 20.7. The summed E-state index contributed by atoms with van der Waals surface area (Å²) in [5.74, 6) is 0.231. The van der Waals surface area contributed by atoms with Crippen molar-refractivity contribution in [3.05, 3.63) is 108 Å². The topological polar surface area (TPSA) is 77.0 Å². The van der Waals surface area contributed by atoms with Crippen LogP contribution >= 0.6 is 11.3 Å². The molecule has 1 aliphatic carbocycles. The average Bonchev–Trinajstić information content (AvgIpc) is 3.30. The Morgan fingerprint density at radius 2 is 1.88 bits per heavy atom. The van der Waals surface area contributed by atoms with Gasteiger partial charge in [0.2, 0.25) is 5.95 Å². The van der Waals surface area contributed by atoms with Crippen LogP contribution < -0.4 is 5.32 Å². The molecular formula is C35H37FN4O2S. The van der Waals surface area contributed by atoms with Crippen molar-refractivity contribution in [2.75, 3.05) is 5.32 Å². The molecule has 2 aromatic carbocycles. The van der Waals surface area contributed by atoms with Gasteiger partial charge in [-0.05, 0) is 82.3 Å². The quantitative estimate of drug-likeness (QED) is 0.153. The normalized spacial score (nSPS) is 16.1. The third-order valence-corrected chi connectivity index (χ3v) is 8.47. The van der Waals surface area contributed by atoms with Crippen molar-refractivity contribution in [1.82, 2.24) is 15.0 Å². The first-order valence-electron chi connectivity index (χ1n) is 14.6. The molecule has 2 heterocycles. The lowest BCUT2D eigenvalue weighted by Crippen LogP contribution is -2.24. The summed E-state index contributed by atoms with van der Waals surface area (Å²) in [5.41, 5.74) is 4.04. The van der Waals surface area contributed by atoms with E-state index >= 15 is 0 Å². The fraction of sp³-hybridized carbons (Fsp3) is 0.314. The van der Waals surface area contributed by atoms with Crippen LogP contribution in [0.15, 0.2) is 91.2 Å². The first kappa shape index (κ1) is 30.3. The molecule has 4 aromatic rings. The number of hydrogen-bond acceptors (Lipinski definition) is 7. The molecule has 2 atom stereocenters. The molecule has 8 heteroatoms. The highest BCUT2D eigenvalue weighted by Crippen LogP contribution is 2.42. The highest BCUT2D eigenvalue weighted by atomic mass is 32.1. The van der Waals surface area contributed by atoms with Gasteiger partial charge in [-0.15, -0.1) is 17.9 Å². The molecule has 0 fully saturated rings. The number of carbonyl (C=O) groups excluding carboxylic acids is 1. The van der Waals surface area contributed by atoms with Crippen LogP contribution in [0, 0.1) is 5.82 Å². The second-order valence-electron chi connectivity index (χ2n) is 11.7. The summed E-state index contributed by atoms with van der Waals surface area (Å²) in [6.07, 6.45) is 9.58. The van der Waals surface area contributed by atoms with Gasteiger partial charge in [-0.2, -0.15) is 0 Å². The summed E-state index contributed by atoms with van der Waals surface area (Å²) >= 11 is 1.62. The predicted molar refractivity (Wildman–Crippen MR) is 171 cm³/mol. The van der Waals surface area contributed by atoms with Crippen LogP contribution in [0.2, 0.25) is 0 Å². The van der Waals surface area contributed by atoms with Crippen LogP contribution in [0.4, 0.5) is 10.3 Å². The molecule has 0 saturated carbocycles. The number of hydrogen-bond donors (Lipinski definition) is 1. The summed E-state index contributed by atoms with van der Waals surface area (Å²) in [5, 5.41) is 4.40. The number of benzene rings is 2. The standard InChI is InChI=1S/C35H37FN4O2S/c1-5-28(24-11-7-6-8-12-24)38-34-37-21-20-29(39-34)32-31(25-16-18-27(36)19-17-25)40-33(43-32)26-13-9-10-23(14-15-26)22-30(41)42-35(2,3)4/h5-8,10-12,16-21,26,28H,1,9,13-15,22H2,2-4H3,(H,37,38,39). The van der Waals surface area contributed by atoms with Gasteiger partial charge >= 0.3 is 5.97 Å². The molecule has 0 spiro atoms. The second kappa shape index (κ2) is 13.4. The lowest BCUT2D eigenvalue weighted by Gasteiger charge is -2.20. The zero-order valence-corrected chi connectivity index (χ0v) is 25.7. The molecule has 0 radical (unpaired) electrons. The Kier molecular flexibility index (Phi) is 9.46. The van der Waals surface area contributed by atoms with Crippen molar-refractivity contribution >= 4 is 23.3 Å². The van der Waals surface area contributed by atoms with Crippen LogP contribution in [-0.2, 0) is 9.53 Å². The van der Waals surface area contributed by atoms with E-state index in [1.54, 1.807) is 29.7 Å². The Morgan fingerprint density at radius 3 is 2.60 bits per heavy atom. The van der Waals surface area contributed by atoms with Gasteiger partial charge in [0.1, 0.15) is 11.4 Å². The fourth-order valence-corrected chi connectivity index (χ4v) is 6.41. The maximum atomic E-state index is 13.8. The SMILES string of the molecule is C=CC(Nc1nccc(-c2sc(C3CCC=C(CC(=O)OC(C)(C)C)CC3)nc2-c2ccc(F)cc2)n1)c1ccccc1. The van der Waals surface area contributed by atoms with Crippen LogP contribution in [0.3, 0.4) is 0 Å². The van der Waals surface area contributed by atoms with Crippen LogP contribution in [-0.4, -0.2) is 26.5 Å². The Morgan fingerprint density at radius 1 is 1.12 bits per heavy atom. The number of thiazole rings is 1. The molecule has 2 aromatic heterocycles. The number of esters is 1. The molecule has 222 valence electrons. The molecule has 6 nitrogen and oxygen atoms in total. The van der Waals surface area contributed by atoms with Gasteiger partial charge in [-0.25, -0.2) is 19.3 Å². The number of ether oxygens (including phenoxy) is 1. The number of rotatable bonds is 9. The minimum atomic E-state index is -0.497. The molecule has 2 unspecified atom stereocenters. The molecule has 0 amide bonds. The van der Waals surface area contributed by atoms with Gasteiger partial charge in [0.15, 0.2) is 0 Å². The molecule has 43 heavy (non-hydrogen) atoms. The van der Waals surface area contributed by atoms with E-state index in [0.717, 1.165) is 63.7 Å². The van der Waals surface area contributed by atoms with Gasteiger partial charge in [0.25, 0.3) is 0 Å². The van der Waals surface area contributed by atoms with Crippen LogP contribution in [0.5, 0.6) is 0 Å². The lowest BCUT2D eigenvalue weighted by molar-refractivity contribution is -0.153. The molecule has 0 bridgehead atoms. The number of halogens is 1. The van der Waals surface area contributed by atoms with E-state index in [9.17, 15) is 9.18 Å². The number of carbonyl (C=O) groups is 1. The summed E-state index contributed by atoms with van der Waals surface area (Å²) < 4.78 is 19.4. The van der Waals surface area contributed by atoms with E-state index in [1.165, 1.54) is 12.1 Å². The van der Waals surface area contributed by atoms with E-state index in [0.29, 0.717) is 12.4 Å². The highest BCUT2D eigenvalue weighted by Gasteiger charge is 2.25. The van der Waals surface area contributed by atoms with Gasteiger partial charge in [0.05, 0.1) is 33.7 Å². The number of aromatic nitrogens is 3. The van der Waals surface area contributed by atoms with Crippen molar-refractivity contribution in [3.8, 4) is 21.8 Å². The summed E-state index contributed by atoms with van der Waals surface area (Å²) in [6.45, 7) is 9.65. The lowest BCUT2D eigenvalue weighted by atomic mass is 9.99. The Balaban J connectivity index is 1.41. The van der Waals surface area contributed by atoms with Crippen molar-refractivity contribution < 1.29 is 13.9 Å². The van der Waals surface area contributed by atoms with Crippen molar-refractivity contribution in [2.45, 2.75) is 70.4 Å². The van der Waals surface area contributed by atoms with Gasteiger partial charge < -0.3 is 10.1 Å². The second-order valence-corrected chi connectivity index (χ2v) is 12.7. The maximum absolute atomic E-state index is 13.8. The van der Waals surface area contributed by atoms with Crippen LogP contribution in [0.1, 0.15) is 75.4 Å². The third-order valence-electron chi connectivity index (χ3n) is 7.23. The largest absolute Gasteiger partial charge is 0.460 e. The van der Waals surface area contributed by atoms with Gasteiger partial charge in [-0.1, -0.05) is 48.1 Å². The average molecular weight is 597 g/mol. The smallest absolute Gasteiger partial charge is 0.310 e.